The molecule has 1 N–H and O–H groups in total. The second-order valence-corrected chi connectivity index (χ2v) is 4.95. The van der Waals surface area contributed by atoms with Crippen molar-refractivity contribution in [3.63, 3.8) is 0 Å². The van der Waals surface area contributed by atoms with Crippen LogP contribution < -0.4 is 0 Å². The van der Waals surface area contributed by atoms with Crippen LogP contribution in [0.4, 0.5) is 0 Å². The number of aromatic hydroxyl groups is 1. The van der Waals surface area contributed by atoms with Crippen molar-refractivity contribution in [2.24, 2.45) is 0 Å². The van der Waals surface area contributed by atoms with E-state index >= 15 is 0 Å². The highest BCUT2D eigenvalue weighted by Gasteiger charge is 2.12. The first kappa shape index (κ1) is 12.7. The Morgan fingerprint density at radius 1 is 1.25 bits per heavy atom. The number of imidazole rings is 1. The molecule has 0 amide bonds. The number of fused-ring (bicyclic) bond motifs is 1. The predicted molar refractivity (Wildman–Crippen MR) is 79.7 cm³/mol. The van der Waals surface area contributed by atoms with Gasteiger partial charge in [-0.2, -0.15) is 0 Å². The fourth-order valence-corrected chi connectivity index (χ4v) is 2.45. The van der Waals surface area contributed by atoms with E-state index in [1.807, 2.05) is 25.1 Å². The molecule has 0 saturated carbocycles. The van der Waals surface area contributed by atoms with E-state index in [-0.39, 0.29) is 0 Å². The first-order chi connectivity index (χ1) is 9.70. The Morgan fingerprint density at radius 3 is 2.85 bits per heavy atom. The molecule has 0 unspecified atom stereocenters. The minimum Gasteiger partial charge on any atom is -0.508 e. The number of hydrogen-bond donors (Lipinski definition) is 1. The van der Waals surface area contributed by atoms with Gasteiger partial charge in [0.2, 0.25) is 0 Å². The molecule has 2 heterocycles. The van der Waals surface area contributed by atoms with Crippen LogP contribution in [-0.4, -0.2) is 19.6 Å². The first-order valence-corrected chi connectivity index (χ1v) is 6.81. The summed E-state index contributed by atoms with van der Waals surface area (Å²) in [5.74, 6) is 1.24. The van der Waals surface area contributed by atoms with Crippen molar-refractivity contribution >= 4 is 11.0 Å². The van der Waals surface area contributed by atoms with Gasteiger partial charge in [0.05, 0.1) is 11.7 Å². The number of pyridine rings is 1. The monoisotopic (exact) mass is 267 g/mol. The Labute approximate surface area is 117 Å². The molecule has 3 aromatic rings. The summed E-state index contributed by atoms with van der Waals surface area (Å²) in [7, 11) is 0. The van der Waals surface area contributed by atoms with Crippen LogP contribution >= 0.6 is 0 Å². The van der Waals surface area contributed by atoms with Gasteiger partial charge in [-0.1, -0.05) is 6.92 Å². The van der Waals surface area contributed by atoms with Gasteiger partial charge < -0.3 is 9.67 Å². The summed E-state index contributed by atoms with van der Waals surface area (Å²) in [6, 6.07) is 7.59. The second-order valence-electron chi connectivity index (χ2n) is 4.95. The highest BCUT2D eigenvalue weighted by atomic mass is 16.3. The predicted octanol–water partition coefficient (Wildman–Crippen LogP) is 3.52. The van der Waals surface area contributed by atoms with Crippen LogP contribution in [0.5, 0.6) is 5.75 Å². The van der Waals surface area contributed by atoms with Crippen LogP contribution in [0.2, 0.25) is 0 Å². The van der Waals surface area contributed by atoms with Crippen LogP contribution in [0, 0.1) is 6.92 Å². The molecule has 0 aliphatic carbocycles. The van der Waals surface area contributed by atoms with E-state index in [0.29, 0.717) is 5.75 Å². The topological polar surface area (TPSA) is 50.9 Å². The zero-order chi connectivity index (χ0) is 14.1. The molecule has 20 heavy (non-hydrogen) atoms. The van der Waals surface area contributed by atoms with Gasteiger partial charge in [0, 0.05) is 18.3 Å². The summed E-state index contributed by atoms with van der Waals surface area (Å²) in [6.45, 7) is 4.96. The maximum Gasteiger partial charge on any atom is 0.141 e. The third-order valence-electron chi connectivity index (χ3n) is 3.45. The molecular weight excluding hydrogens is 250 g/mol. The molecule has 102 valence electrons. The van der Waals surface area contributed by atoms with E-state index < -0.39 is 0 Å². The largest absolute Gasteiger partial charge is 0.508 e. The SMILES string of the molecule is CCCn1c(-c2ccc(O)c(C)c2)nc2cnccc21. The van der Waals surface area contributed by atoms with Gasteiger partial charge in [-0.25, -0.2) is 4.98 Å². The van der Waals surface area contributed by atoms with Gasteiger partial charge in [-0.05, 0) is 43.2 Å². The Balaban J connectivity index is 2.23. The molecule has 0 aliphatic heterocycles. The molecule has 3 rings (SSSR count). The zero-order valence-electron chi connectivity index (χ0n) is 11.7. The number of nitrogens with zero attached hydrogens (tertiary/aromatic N) is 3. The molecule has 4 heteroatoms. The number of aryl methyl sites for hydroxylation is 2. The van der Waals surface area contributed by atoms with E-state index in [2.05, 4.69) is 16.5 Å². The molecule has 0 saturated heterocycles. The van der Waals surface area contributed by atoms with Crippen LogP contribution in [0.15, 0.2) is 36.7 Å². The lowest BCUT2D eigenvalue weighted by molar-refractivity contribution is 0.471. The van der Waals surface area contributed by atoms with Crippen molar-refractivity contribution in [3.05, 3.63) is 42.2 Å². The molecule has 0 radical (unpaired) electrons. The molecule has 0 atom stereocenters. The summed E-state index contributed by atoms with van der Waals surface area (Å²) in [5.41, 5.74) is 3.88. The van der Waals surface area contributed by atoms with Crippen LogP contribution in [-0.2, 0) is 6.54 Å². The number of phenolic OH excluding ortho intramolecular Hbond substituents is 1. The van der Waals surface area contributed by atoms with E-state index in [4.69, 9.17) is 4.98 Å². The Kier molecular flexibility index (Phi) is 3.14. The number of rotatable bonds is 3. The summed E-state index contributed by atoms with van der Waals surface area (Å²) in [5, 5.41) is 9.67. The molecule has 0 spiro atoms. The standard InChI is InChI=1S/C16H17N3O/c1-3-8-19-14-6-7-17-10-13(14)18-16(19)12-4-5-15(20)11(2)9-12/h4-7,9-10,20H,3,8H2,1-2H3. The van der Waals surface area contributed by atoms with Gasteiger partial charge in [0.15, 0.2) is 0 Å². The maximum absolute atomic E-state index is 9.67. The van der Waals surface area contributed by atoms with Crippen molar-refractivity contribution < 1.29 is 5.11 Å². The highest BCUT2D eigenvalue weighted by Crippen LogP contribution is 2.28. The lowest BCUT2D eigenvalue weighted by Crippen LogP contribution is -1.99. The third-order valence-corrected chi connectivity index (χ3v) is 3.45. The minimum absolute atomic E-state index is 0.313. The van der Waals surface area contributed by atoms with Crippen molar-refractivity contribution in [3.8, 4) is 17.1 Å². The van der Waals surface area contributed by atoms with Crippen LogP contribution in [0.3, 0.4) is 0 Å². The van der Waals surface area contributed by atoms with Gasteiger partial charge in [-0.3, -0.25) is 4.98 Å². The lowest BCUT2D eigenvalue weighted by atomic mass is 10.1. The summed E-state index contributed by atoms with van der Waals surface area (Å²) in [6.07, 6.45) is 4.62. The van der Waals surface area contributed by atoms with E-state index in [0.717, 1.165) is 41.0 Å². The normalized spacial score (nSPS) is 11.1. The van der Waals surface area contributed by atoms with Gasteiger partial charge in [-0.15, -0.1) is 0 Å². The minimum atomic E-state index is 0.313. The number of hydrogen-bond acceptors (Lipinski definition) is 3. The van der Waals surface area contributed by atoms with Crippen molar-refractivity contribution in [1.82, 2.24) is 14.5 Å². The van der Waals surface area contributed by atoms with Gasteiger partial charge >= 0.3 is 0 Å². The zero-order valence-corrected chi connectivity index (χ0v) is 11.7. The summed E-state index contributed by atoms with van der Waals surface area (Å²) >= 11 is 0. The van der Waals surface area contributed by atoms with Crippen LogP contribution in [0.1, 0.15) is 18.9 Å². The Bertz CT molecular complexity index is 762. The Morgan fingerprint density at radius 2 is 2.10 bits per heavy atom. The van der Waals surface area contributed by atoms with Crippen molar-refractivity contribution in [1.29, 1.82) is 0 Å². The molecule has 1 aromatic carbocycles. The molecule has 0 aliphatic rings. The van der Waals surface area contributed by atoms with Crippen molar-refractivity contribution in [2.45, 2.75) is 26.8 Å². The quantitative estimate of drug-likeness (QED) is 0.790. The summed E-state index contributed by atoms with van der Waals surface area (Å²) < 4.78 is 2.21. The van der Waals surface area contributed by atoms with E-state index in [9.17, 15) is 5.11 Å². The maximum atomic E-state index is 9.67. The number of phenols is 1. The first-order valence-electron chi connectivity index (χ1n) is 6.81. The summed E-state index contributed by atoms with van der Waals surface area (Å²) in [4.78, 5) is 8.83. The number of benzene rings is 1. The second kappa shape index (κ2) is 4.96. The highest BCUT2D eigenvalue weighted by molar-refractivity contribution is 5.80. The smallest absolute Gasteiger partial charge is 0.141 e. The fourth-order valence-electron chi connectivity index (χ4n) is 2.45. The number of aromatic nitrogens is 3. The Hall–Kier alpha value is -2.36. The molecule has 0 fully saturated rings. The fraction of sp³-hybridized carbons (Fsp3) is 0.250. The van der Waals surface area contributed by atoms with Gasteiger partial charge in [0.1, 0.15) is 17.1 Å². The van der Waals surface area contributed by atoms with Gasteiger partial charge in [0.25, 0.3) is 0 Å². The lowest BCUT2D eigenvalue weighted by Gasteiger charge is -2.09. The average molecular weight is 267 g/mol. The van der Waals surface area contributed by atoms with E-state index in [1.54, 1.807) is 18.5 Å². The molecule has 0 bridgehead atoms. The molecule has 2 aromatic heterocycles. The molecule has 4 nitrogen and oxygen atoms in total. The van der Waals surface area contributed by atoms with E-state index in [1.165, 1.54) is 0 Å². The third kappa shape index (κ3) is 2.03. The average Bonchev–Trinajstić information content (AvgIpc) is 2.82. The van der Waals surface area contributed by atoms with Crippen molar-refractivity contribution in [2.75, 3.05) is 0 Å². The molecular formula is C16H17N3O. The van der Waals surface area contributed by atoms with Crippen LogP contribution in [0.25, 0.3) is 22.4 Å².